The fourth-order valence-electron chi connectivity index (χ4n) is 4.01. The average molecular weight is 351 g/mol. The Balaban J connectivity index is 1.90. The number of fused-ring (bicyclic) bond motifs is 1. The van der Waals surface area contributed by atoms with Gasteiger partial charge in [0.1, 0.15) is 0 Å². The highest BCUT2D eigenvalue weighted by Crippen LogP contribution is 2.44. The van der Waals surface area contributed by atoms with E-state index in [0.29, 0.717) is 5.92 Å². The van der Waals surface area contributed by atoms with Crippen LogP contribution in [0.15, 0.2) is 42.5 Å². The monoisotopic (exact) mass is 351 g/mol. The Morgan fingerprint density at radius 1 is 1.15 bits per heavy atom. The summed E-state index contributed by atoms with van der Waals surface area (Å²) in [5.74, 6) is 0.659. The molecule has 2 N–H and O–H groups in total. The first kappa shape index (κ1) is 18.5. The lowest BCUT2D eigenvalue weighted by molar-refractivity contribution is 0.161. The highest BCUT2D eigenvalue weighted by molar-refractivity contribution is 5.68. The Kier molecular flexibility index (Phi) is 5.08. The molecule has 0 unspecified atom stereocenters. The topological polar surface area (TPSA) is 49.3 Å². The number of hydrogen-bond donors (Lipinski definition) is 2. The van der Waals surface area contributed by atoms with E-state index in [1.165, 1.54) is 22.3 Å². The highest BCUT2D eigenvalue weighted by atomic mass is 16.4. The van der Waals surface area contributed by atoms with Gasteiger partial charge in [0, 0.05) is 0 Å². The average Bonchev–Trinajstić information content (AvgIpc) is 2.57. The minimum atomic E-state index is -0.958. The van der Waals surface area contributed by atoms with Gasteiger partial charge in [0.25, 0.3) is 0 Å². The third kappa shape index (κ3) is 3.92. The molecule has 2 aromatic carbocycles. The van der Waals surface area contributed by atoms with Gasteiger partial charge in [-0.2, -0.15) is 0 Å². The largest absolute Gasteiger partial charge is 0.465 e. The molecule has 0 saturated heterocycles. The Hall–Kier alpha value is -2.29. The molecule has 138 valence electrons. The Labute approximate surface area is 156 Å². The van der Waals surface area contributed by atoms with Gasteiger partial charge in [0.05, 0.1) is 6.04 Å². The molecule has 0 radical (unpaired) electrons. The van der Waals surface area contributed by atoms with Crippen LogP contribution in [0.2, 0.25) is 0 Å². The van der Waals surface area contributed by atoms with E-state index < -0.39 is 6.09 Å². The van der Waals surface area contributed by atoms with Gasteiger partial charge < -0.3 is 10.4 Å². The summed E-state index contributed by atoms with van der Waals surface area (Å²) in [6.07, 6.45) is 2.10. The summed E-state index contributed by atoms with van der Waals surface area (Å²) in [7, 11) is 0. The van der Waals surface area contributed by atoms with Gasteiger partial charge in [-0.1, -0.05) is 70.2 Å². The summed E-state index contributed by atoms with van der Waals surface area (Å²) in [4.78, 5) is 11.3. The van der Waals surface area contributed by atoms with Gasteiger partial charge in [-0.3, -0.25) is 0 Å². The molecule has 0 aliphatic heterocycles. The van der Waals surface area contributed by atoms with Gasteiger partial charge >= 0.3 is 6.09 Å². The van der Waals surface area contributed by atoms with E-state index in [4.69, 9.17) is 0 Å². The molecule has 1 aliphatic rings. The first-order valence-corrected chi connectivity index (χ1v) is 9.48. The summed E-state index contributed by atoms with van der Waals surface area (Å²) in [5.41, 5.74) is 6.08. The van der Waals surface area contributed by atoms with Crippen LogP contribution in [-0.4, -0.2) is 11.2 Å². The van der Waals surface area contributed by atoms with Crippen molar-refractivity contribution in [1.29, 1.82) is 0 Å². The summed E-state index contributed by atoms with van der Waals surface area (Å²) in [6.45, 7) is 8.75. The SMILES string of the molecule is CC(C)Cc1ccc(-c2ccc3c(c2)CCC(C)(C)[C@H]3NC(=O)O)cc1. The number of carboxylic acid groups (broad SMARTS) is 1. The lowest BCUT2D eigenvalue weighted by Crippen LogP contribution is -2.40. The molecule has 0 bridgehead atoms. The zero-order chi connectivity index (χ0) is 18.9. The fraction of sp³-hybridized carbons (Fsp3) is 0.435. The highest BCUT2D eigenvalue weighted by Gasteiger charge is 2.36. The Bertz CT molecular complexity index is 790. The van der Waals surface area contributed by atoms with Crippen molar-refractivity contribution in [2.24, 2.45) is 11.3 Å². The molecule has 0 heterocycles. The van der Waals surface area contributed by atoms with Crippen molar-refractivity contribution in [2.75, 3.05) is 0 Å². The maximum Gasteiger partial charge on any atom is 0.405 e. The molecule has 2 aromatic rings. The first-order chi connectivity index (χ1) is 12.3. The van der Waals surface area contributed by atoms with E-state index in [-0.39, 0.29) is 11.5 Å². The first-order valence-electron chi connectivity index (χ1n) is 9.48. The van der Waals surface area contributed by atoms with Crippen molar-refractivity contribution < 1.29 is 9.90 Å². The van der Waals surface area contributed by atoms with Crippen LogP contribution in [0.4, 0.5) is 4.79 Å². The molecule has 3 rings (SSSR count). The predicted octanol–water partition coefficient (Wildman–Crippen LogP) is 5.83. The van der Waals surface area contributed by atoms with E-state index in [1.54, 1.807) is 0 Å². The van der Waals surface area contributed by atoms with Crippen molar-refractivity contribution in [2.45, 2.75) is 53.0 Å². The second kappa shape index (κ2) is 7.14. The van der Waals surface area contributed by atoms with Crippen LogP contribution < -0.4 is 5.32 Å². The Morgan fingerprint density at radius 2 is 1.81 bits per heavy atom. The zero-order valence-corrected chi connectivity index (χ0v) is 16.2. The van der Waals surface area contributed by atoms with Crippen LogP contribution in [0, 0.1) is 11.3 Å². The normalized spacial score (nSPS) is 18.4. The van der Waals surface area contributed by atoms with Crippen molar-refractivity contribution in [3.05, 3.63) is 59.2 Å². The van der Waals surface area contributed by atoms with Crippen LogP contribution in [0.3, 0.4) is 0 Å². The number of carbonyl (C=O) groups is 1. The van der Waals surface area contributed by atoms with Crippen molar-refractivity contribution in [3.63, 3.8) is 0 Å². The lowest BCUT2D eigenvalue weighted by Gasteiger charge is -2.40. The smallest absolute Gasteiger partial charge is 0.405 e. The molecule has 3 nitrogen and oxygen atoms in total. The molecular formula is C23H29NO2. The summed E-state index contributed by atoms with van der Waals surface area (Å²) in [6, 6.07) is 15.1. The number of nitrogens with one attached hydrogen (secondary N) is 1. The van der Waals surface area contributed by atoms with E-state index >= 15 is 0 Å². The summed E-state index contributed by atoms with van der Waals surface area (Å²) >= 11 is 0. The standard InChI is InChI=1S/C23H29NO2/c1-15(2)13-16-5-7-17(8-6-16)18-9-10-20-19(14-18)11-12-23(3,4)21(20)24-22(25)26/h5-10,14-15,21,24H,11-13H2,1-4H3,(H,25,26)/t21-/m0/s1. The molecule has 3 heteroatoms. The molecule has 1 atom stereocenters. The van der Waals surface area contributed by atoms with Crippen LogP contribution in [0.25, 0.3) is 11.1 Å². The number of rotatable bonds is 4. The van der Waals surface area contributed by atoms with Crippen LogP contribution in [0.5, 0.6) is 0 Å². The molecule has 0 spiro atoms. The van der Waals surface area contributed by atoms with Gasteiger partial charge in [-0.05, 0) is 58.4 Å². The molecule has 0 fully saturated rings. The number of aryl methyl sites for hydroxylation is 1. The second-order valence-corrected chi connectivity index (χ2v) is 8.58. The lowest BCUT2D eigenvalue weighted by atomic mass is 9.70. The minimum Gasteiger partial charge on any atom is -0.465 e. The van der Waals surface area contributed by atoms with Crippen LogP contribution >= 0.6 is 0 Å². The Morgan fingerprint density at radius 3 is 2.42 bits per heavy atom. The molecule has 26 heavy (non-hydrogen) atoms. The fourth-order valence-corrected chi connectivity index (χ4v) is 4.01. The molecule has 1 amide bonds. The number of amides is 1. The van der Waals surface area contributed by atoms with Gasteiger partial charge in [-0.25, -0.2) is 4.79 Å². The number of benzene rings is 2. The quantitative estimate of drug-likeness (QED) is 0.727. The molecular weight excluding hydrogens is 322 g/mol. The second-order valence-electron chi connectivity index (χ2n) is 8.58. The molecule has 0 aromatic heterocycles. The number of hydrogen-bond acceptors (Lipinski definition) is 1. The third-order valence-electron chi connectivity index (χ3n) is 5.47. The van der Waals surface area contributed by atoms with E-state index in [1.807, 2.05) is 0 Å². The van der Waals surface area contributed by atoms with E-state index in [2.05, 4.69) is 75.5 Å². The van der Waals surface area contributed by atoms with Crippen LogP contribution in [0.1, 0.15) is 56.8 Å². The van der Waals surface area contributed by atoms with E-state index in [0.717, 1.165) is 24.8 Å². The maximum absolute atomic E-state index is 11.3. The zero-order valence-electron chi connectivity index (χ0n) is 16.2. The summed E-state index contributed by atoms with van der Waals surface area (Å²) < 4.78 is 0. The van der Waals surface area contributed by atoms with Crippen LogP contribution in [-0.2, 0) is 12.8 Å². The van der Waals surface area contributed by atoms with Gasteiger partial charge in [0.2, 0.25) is 0 Å². The van der Waals surface area contributed by atoms with Crippen molar-refractivity contribution in [3.8, 4) is 11.1 Å². The van der Waals surface area contributed by atoms with Gasteiger partial charge in [0.15, 0.2) is 0 Å². The third-order valence-corrected chi connectivity index (χ3v) is 5.47. The summed E-state index contributed by atoms with van der Waals surface area (Å²) in [5, 5.41) is 12.0. The van der Waals surface area contributed by atoms with E-state index in [9.17, 15) is 9.90 Å². The van der Waals surface area contributed by atoms with Crippen molar-refractivity contribution in [1.82, 2.24) is 5.32 Å². The molecule has 0 saturated carbocycles. The van der Waals surface area contributed by atoms with Gasteiger partial charge in [-0.15, -0.1) is 0 Å². The predicted molar refractivity (Wildman–Crippen MR) is 106 cm³/mol. The van der Waals surface area contributed by atoms with Crippen molar-refractivity contribution >= 4 is 6.09 Å². The maximum atomic E-state index is 11.3. The minimum absolute atomic E-state index is 0.0780. The molecule has 1 aliphatic carbocycles.